The molecule has 134 valence electrons. The van der Waals surface area contributed by atoms with E-state index in [2.05, 4.69) is 17.2 Å². The van der Waals surface area contributed by atoms with Crippen LogP contribution in [0.25, 0.3) is 0 Å². The fraction of sp³-hybridized carbons (Fsp3) is 0.444. The van der Waals surface area contributed by atoms with E-state index in [1.54, 1.807) is 24.3 Å². The third-order valence-corrected chi connectivity index (χ3v) is 5.47. The summed E-state index contributed by atoms with van der Waals surface area (Å²) in [5, 5.41) is 2.77. The van der Waals surface area contributed by atoms with Crippen LogP contribution in [0, 0.1) is 17.8 Å². The highest BCUT2D eigenvalue weighted by Crippen LogP contribution is 2.19. The second kappa shape index (κ2) is 8.28. The molecule has 25 heavy (non-hydrogen) atoms. The van der Waals surface area contributed by atoms with Crippen molar-refractivity contribution in [1.29, 1.82) is 0 Å². The molecule has 1 aliphatic heterocycles. The average molecular weight is 362 g/mol. The quantitative estimate of drug-likeness (QED) is 0.640. The first-order valence-corrected chi connectivity index (χ1v) is 9.95. The molecule has 0 spiro atoms. The molecule has 0 aliphatic carbocycles. The predicted molar refractivity (Wildman–Crippen MR) is 95.5 cm³/mol. The molecule has 1 N–H and O–H groups in total. The van der Waals surface area contributed by atoms with Gasteiger partial charge in [0, 0.05) is 30.1 Å². The first-order valence-electron chi connectivity index (χ1n) is 8.10. The van der Waals surface area contributed by atoms with Gasteiger partial charge in [-0.15, -0.1) is 0 Å². The number of sulfonamides is 1. The molecule has 1 aromatic carbocycles. The Bertz CT molecular complexity index is 796. The van der Waals surface area contributed by atoms with E-state index in [9.17, 15) is 18.0 Å². The maximum absolute atomic E-state index is 12.1. The normalized spacial score (nSPS) is 15.9. The van der Waals surface area contributed by atoms with Crippen LogP contribution in [-0.4, -0.2) is 50.3 Å². The summed E-state index contributed by atoms with van der Waals surface area (Å²) in [6.45, 7) is 2.51. The number of benzene rings is 1. The van der Waals surface area contributed by atoms with Crippen LogP contribution in [0.5, 0.6) is 0 Å². The summed E-state index contributed by atoms with van der Waals surface area (Å²) in [6, 6.07) is 6.99. The Morgan fingerprint density at radius 1 is 1.20 bits per heavy atom. The number of carbonyl (C=O) groups excluding carboxylic acids is 2. The molecule has 0 saturated carbocycles. The Balaban J connectivity index is 1.79. The third-order valence-electron chi connectivity index (χ3n) is 4.17. The summed E-state index contributed by atoms with van der Waals surface area (Å²) in [4.78, 5) is 23.3. The first-order chi connectivity index (χ1) is 11.8. The highest BCUT2D eigenvalue weighted by Gasteiger charge is 2.28. The zero-order valence-corrected chi connectivity index (χ0v) is 15.2. The van der Waals surface area contributed by atoms with Gasteiger partial charge in [-0.1, -0.05) is 24.0 Å². The first kappa shape index (κ1) is 19.2. The van der Waals surface area contributed by atoms with Crippen LogP contribution in [0.15, 0.2) is 24.3 Å². The number of hydrogen-bond acceptors (Lipinski definition) is 4. The van der Waals surface area contributed by atoms with Crippen LogP contribution < -0.4 is 5.32 Å². The minimum absolute atomic E-state index is 0.00805. The summed E-state index contributed by atoms with van der Waals surface area (Å²) < 4.78 is 24.3. The monoisotopic (exact) mass is 362 g/mol. The van der Waals surface area contributed by atoms with Crippen molar-refractivity contribution in [3.05, 3.63) is 35.4 Å². The number of ketones is 1. The molecular weight excluding hydrogens is 340 g/mol. The maximum atomic E-state index is 12.1. The highest BCUT2D eigenvalue weighted by molar-refractivity contribution is 7.88. The van der Waals surface area contributed by atoms with Crippen molar-refractivity contribution in [2.24, 2.45) is 5.92 Å². The molecule has 7 heteroatoms. The molecule has 2 rings (SSSR count). The van der Waals surface area contributed by atoms with Crippen LogP contribution in [-0.2, 0) is 14.8 Å². The molecule has 0 bridgehead atoms. The summed E-state index contributed by atoms with van der Waals surface area (Å²) >= 11 is 0. The van der Waals surface area contributed by atoms with Gasteiger partial charge < -0.3 is 5.32 Å². The summed E-state index contributed by atoms with van der Waals surface area (Å²) in [5.74, 6) is 5.56. The maximum Gasteiger partial charge on any atom is 0.223 e. The lowest BCUT2D eigenvalue weighted by Crippen LogP contribution is -2.42. The highest BCUT2D eigenvalue weighted by atomic mass is 32.2. The summed E-state index contributed by atoms with van der Waals surface area (Å²) in [6.07, 6.45) is 2.24. The average Bonchev–Trinajstić information content (AvgIpc) is 2.58. The zero-order chi connectivity index (χ0) is 18.4. The minimum atomic E-state index is -3.18. The second-order valence-corrected chi connectivity index (χ2v) is 8.07. The smallest absolute Gasteiger partial charge is 0.223 e. The molecule has 1 fully saturated rings. The van der Waals surface area contributed by atoms with Crippen molar-refractivity contribution in [3.63, 3.8) is 0 Å². The lowest BCUT2D eigenvalue weighted by Gasteiger charge is -2.29. The second-order valence-electron chi connectivity index (χ2n) is 6.09. The number of carbonyl (C=O) groups is 2. The molecule has 0 atom stereocenters. The molecule has 6 nitrogen and oxygen atoms in total. The lowest BCUT2D eigenvalue weighted by molar-refractivity contribution is -0.125. The lowest BCUT2D eigenvalue weighted by atomic mass is 9.97. The SMILES string of the molecule is CC(=O)c1ccc(C#CCNC(=O)C2CCN(S(C)(=O)=O)CC2)cc1. The molecule has 1 aromatic rings. The van der Waals surface area contributed by atoms with E-state index in [4.69, 9.17) is 0 Å². The number of nitrogens with zero attached hydrogens (tertiary/aromatic N) is 1. The Labute approximate surface area is 148 Å². The van der Waals surface area contributed by atoms with E-state index in [0.29, 0.717) is 31.5 Å². The van der Waals surface area contributed by atoms with Crippen molar-refractivity contribution >= 4 is 21.7 Å². The third kappa shape index (κ3) is 5.69. The molecule has 0 radical (unpaired) electrons. The van der Waals surface area contributed by atoms with Crippen LogP contribution >= 0.6 is 0 Å². The molecule has 1 saturated heterocycles. The van der Waals surface area contributed by atoms with E-state index in [1.165, 1.54) is 17.5 Å². The van der Waals surface area contributed by atoms with Gasteiger partial charge in [-0.3, -0.25) is 9.59 Å². The van der Waals surface area contributed by atoms with Gasteiger partial charge in [-0.05, 0) is 31.9 Å². The predicted octanol–water partition coefficient (Wildman–Crippen LogP) is 1.03. The Hall–Kier alpha value is -2.17. The van der Waals surface area contributed by atoms with Crippen LogP contribution in [0.2, 0.25) is 0 Å². The molecule has 1 heterocycles. The number of hydrogen-bond donors (Lipinski definition) is 1. The Morgan fingerprint density at radius 3 is 2.32 bits per heavy atom. The number of Topliss-reactive ketones (excluding diaryl/α,β-unsaturated/α-hetero) is 1. The topological polar surface area (TPSA) is 83.6 Å². The number of piperidine rings is 1. The van der Waals surface area contributed by atoms with Crippen molar-refractivity contribution in [2.45, 2.75) is 19.8 Å². The van der Waals surface area contributed by atoms with Gasteiger partial charge in [0.25, 0.3) is 0 Å². The fourth-order valence-corrected chi connectivity index (χ4v) is 3.53. The van der Waals surface area contributed by atoms with Crippen molar-refractivity contribution < 1.29 is 18.0 Å². The van der Waals surface area contributed by atoms with Gasteiger partial charge in [0.15, 0.2) is 5.78 Å². The zero-order valence-electron chi connectivity index (χ0n) is 14.4. The van der Waals surface area contributed by atoms with Crippen molar-refractivity contribution in [3.8, 4) is 11.8 Å². The van der Waals surface area contributed by atoms with Gasteiger partial charge in [0.1, 0.15) is 0 Å². The van der Waals surface area contributed by atoms with Gasteiger partial charge >= 0.3 is 0 Å². The number of nitrogens with one attached hydrogen (secondary N) is 1. The molecular formula is C18H22N2O4S. The van der Waals surface area contributed by atoms with Gasteiger partial charge in [-0.2, -0.15) is 0 Å². The van der Waals surface area contributed by atoms with Crippen LogP contribution in [0.3, 0.4) is 0 Å². The van der Waals surface area contributed by atoms with Crippen LogP contribution in [0.1, 0.15) is 35.7 Å². The number of rotatable bonds is 4. The minimum Gasteiger partial charge on any atom is -0.345 e. The number of amides is 1. The van der Waals surface area contributed by atoms with Gasteiger partial charge in [0.2, 0.25) is 15.9 Å². The largest absolute Gasteiger partial charge is 0.345 e. The van der Waals surface area contributed by atoms with Gasteiger partial charge in [0.05, 0.1) is 12.8 Å². The summed E-state index contributed by atoms with van der Waals surface area (Å²) in [7, 11) is -3.18. The Morgan fingerprint density at radius 2 is 1.80 bits per heavy atom. The van der Waals surface area contributed by atoms with Crippen molar-refractivity contribution in [1.82, 2.24) is 9.62 Å². The van der Waals surface area contributed by atoms with Gasteiger partial charge in [-0.25, -0.2) is 12.7 Å². The van der Waals surface area contributed by atoms with E-state index in [-0.39, 0.29) is 24.2 Å². The molecule has 0 unspecified atom stereocenters. The molecule has 1 aliphatic rings. The molecule has 1 amide bonds. The molecule has 0 aromatic heterocycles. The van der Waals surface area contributed by atoms with E-state index in [1.807, 2.05) is 0 Å². The van der Waals surface area contributed by atoms with E-state index < -0.39 is 10.0 Å². The fourth-order valence-electron chi connectivity index (χ4n) is 2.66. The van der Waals surface area contributed by atoms with E-state index >= 15 is 0 Å². The Kier molecular flexibility index (Phi) is 6.34. The standard InChI is InChI=1S/C18H22N2O4S/c1-14(21)16-7-5-15(6-8-16)4-3-11-19-18(22)17-9-12-20(13-10-17)25(2,23)24/h5-8,17H,9-13H2,1-2H3,(H,19,22). The van der Waals surface area contributed by atoms with Crippen LogP contribution in [0.4, 0.5) is 0 Å². The van der Waals surface area contributed by atoms with E-state index in [0.717, 1.165) is 5.56 Å². The van der Waals surface area contributed by atoms with Crippen molar-refractivity contribution in [2.75, 3.05) is 25.9 Å². The summed E-state index contributed by atoms with van der Waals surface area (Å²) in [5.41, 5.74) is 1.42.